The molecule has 1 fully saturated rings. The molecular formula is C18H28N2O3S2. The van der Waals surface area contributed by atoms with Gasteiger partial charge in [-0.2, -0.15) is 16.1 Å². The Morgan fingerprint density at radius 2 is 1.64 bits per heavy atom. The van der Waals surface area contributed by atoms with Crippen LogP contribution in [-0.4, -0.2) is 61.7 Å². The number of nitrogens with zero attached hydrogens (tertiary/aromatic N) is 2. The third kappa shape index (κ3) is 4.99. The number of hydrogen-bond acceptors (Lipinski definition) is 4. The van der Waals surface area contributed by atoms with Gasteiger partial charge in [0.1, 0.15) is 0 Å². The van der Waals surface area contributed by atoms with Crippen molar-refractivity contribution in [2.75, 3.05) is 38.2 Å². The molecule has 0 bridgehead atoms. The summed E-state index contributed by atoms with van der Waals surface area (Å²) in [5.74, 6) is 0.915. The zero-order valence-corrected chi connectivity index (χ0v) is 17.1. The maximum atomic E-state index is 12.8. The molecule has 1 aromatic rings. The van der Waals surface area contributed by atoms with Crippen LogP contribution in [0, 0.1) is 0 Å². The predicted molar refractivity (Wildman–Crippen MR) is 103 cm³/mol. The van der Waals surface area contributed by atoms with Gasteiger partial charge in [0.2, 0.25) is 15.9 Å². The Balaban J connectivity index is 2.03. The summed E-state index contributed by atoms with van der Waals surface area (Å²) in [4.78, 5) is 14.2. The number of carbonyl (C=O) groups is 1. The predicted octanol–water partition coefficient (Wildman–Crippen LogP) is 2.57. The van der Waals surface area contributed by atoms with E-state index >= 15 is 0 Å². The number of hydrogen-bond donors (Lipinski definition) is 0. The van der Waals surface area contributed by atoms with Gasteiger partial charge in [-0.1, -0.05) is 32.9 Å². The van der Waals surface area contributed by atoms with E-state index in [1.165, 1.54) is 4.31 Å². The summed E-state index contributed by atoms with van der Waals surface area (Å²) in [6.07, 6.45) is 2.49. The van der Waals surface area contributed by atoms with Crippen LogP contribution in [0.1, 0.15) is 32.8 Å². The van der Waals surface area contributed by atoms with Crippen LogP contribution in [-0.2, 0) is 20.2 Å². The van der Waals surface area contributed by atoms with Gasteiger partial charge < -0.3 is 4.90 Å². The normalized spacial score (nSPS) is 16.9. The maximum Gasteiger partial charge on any atom is 0.243 e. The number of piperazine rings is 1. The van der Waals surface area contributed by atoms with Crippen molar-refractivity contribution < 1.29 is 13.2 Å². The van der Waals surface area contributed by atoms with E-state index in [2.05, 4.69) is 20.8 Å². The Hall–Kier alpha value is -1.05. The number of amides is 1. The molecule has 0 saturated carbocycles. The van der Waals surface area contributed by atoms with Crippen LogP contribution in [0.3, 0.4) is 0 Å². The monoisotopic (exact) mass is 384 g/mol. The van der Waals surface area contributed by atoms with Crippen LogP contribution in [0.15, 0.2) is 29.2 Å². The van der Waals surface area contributed by atoms with Crippen molar-refractivity contribution in [1.29, 1.82) is 0 Å². The van der Waals surface area contributed by atoms with Gasteiger partial charge >= 0.3 is 0 Å². The van der Waals surface area contributed by atoms with E-state index < -0.39 is 10.0 Å². The minimum absolute atomic E-state index is 0.00888. The lowest BCUT2D eigenvalue weighted by Crippen LogP contribution is -2.50. The number of rotatable bonds is 5. The van der Waals surface area contributed by atoms with Gasteiger partial charge in [-0.15, -0.1) is 0 Å². The second-order valence-corrected chi connectivity index (χ2v) is 10.2. The largest absolute Gasteiger partial charge is 0.340 e. The molecule has 2 rings (SSSR count). The van der Waals surface area contributed by atoms with Crippen molar-refractivity contribution in [2.45, 2.75) is 37.5 Å². The number of carbonyl (C=O) groups excluding carboxylic acids is 1. The molecule has 0 radical (unpaired) electrons. The minimum Gasteiger partial charge on any atom is -0.340 e. The summed E-state index contributed by atoms with van der Waals surface area (Å²) in [6, 6.07) is 7.14. The van der Waals surface area contributed by atoms with E-state index in [9.17, 15) is 13.2 Å². The van der Waals surface area contributed by atoms with E-state index in [0.717, 1.165) is 11.3 Å². The molecule has 1 aliphatic rings. The van der Waals surface area contributed by atoms with Crippen LogP contribution in [0.5, 0.6) is 0 Å². The van der Waals surface area contributed by atoms with Gasteiger partial charge in [-0.05, 0) is 29.4 Å². The van der Waals surface area contributed by atoms with Crippen molar-refractivity contribution >= 4 is 27.7 Å². The Labute approximate surface area is 155 Å². The fraction of sp³-hybridized carbons (Fsp3) is 0.611. The molecule has 1 aromatic carbocycles. The number of thioether (sulfide) groups is 1. The van der Waals surface area contributed by atoms with Crippen LogP contribution in [0.4, 0.5) is 0 Å². The van der Waals surface area contributed by atoms with Crippen LogP contribution < -0.4 is 0 Å². The summed E-state index contributed by atoms with van der Waals surface area (Å²) in [7, 11) is -3.50. The van der Waals surface area contributed by atoms with Gasteiger partial charge in [-0.3, -0.25) is 4.79 Å². The van der Waals surface area contributed by atoms with Crippen LogP contribution in [0.2, 0.25) is 0 Å². The summed E-state index contributed by atoms with van der Waals surface area (Å²) < 4.78 is 27.1. The van der Waals surface area contributed by atoms with Crippen molar-refractivity contribution in [3.05, 3.63) is 29.8 Å². The molecule has 1 heterocycles. The number of sulfonamides is 1. The highest BCUT2D eigenvalue weighted by Crippen LogP contribution is 2.25. The Morgan fingerprint density at radius 3 is 2.12 bits per heavy atom. The van der Waals surface area contributed by atoms with Crippen LogP contribution >= 0.6 is 11.8 Å². The second kappa shape index (κ2) is 8.10. The van der Waals surface area contributed by atoms with Gasteiger partial charge in [0.15, 0.2) is 0 Å². The average Bonchev–Trinajstić information content (AvgIpc) is 2.59. The lowest BCUT2D eigenvalue weighted by atomic mass is 9.87. The molecule has 0 unspecified atom stereocenters. The van der Waals surface area contributed by atoms with E-state index in [1.807, 2.05) is 18.4 Å². The highest BCUT2D eigenvalue weighted by molar-refractivity contribution is 7.98. The molecule has 5 nitrogen and oxygen atoms in total. The molecule has 25 heavy (non-hydrogen) atoms. The van der Waals surface area contributed by atoms with Gasteiger partial charge in [0, 0.05) is 38.4 Å². The smallest absolute Gasteiger partial charge is 0.243 e. The zero-order chi connectivity index (χ0) is 18.7. The third-order valence-corrected chi connectivity index (χ3v) is 6.99. The molecule has 140 valence electrons. The average molecular weight is 385 g/mol. The molecule has 0 spiro atoms. The first kappa shape index (κ1) is 20.3. The van der Waals surface area contributed by atoms with Gasteiger partial charge in [-0.25, -0.2) is 8.42 Å². The molecule has 0 atom stereocenters. The Morgan fingerprint density at radius 1 is 1.08 bits per heavy atom. The first-order valence-electron chi connectivity index (χ1n) is 8.53. The minimum atomic E-state index is -3.50. The maximum absolute atomic E-state index is 12.8. The quantitative estimate of drug-likeness (QED) is 0.783. The fourth-order valence-electron chi connectivity index (χ4n) is 2.80. The van der Waals surface area contributed by atoms with E-state index in [4.69, 9.17) is 0 Å². The lowest BCUT2D eigenvalue weighted by molar-refractivity contribution is -0.131. The van der Waals surface area contributed by atoms with Crippen molar-refractivity contribution in [3.8, 4) is 0 Å². The first-order valence-corrected chi connectivity index (χ1v) is 11.4. The highest BCUT2D eigenvalue weighted by atomic mass is 32.2. The molecule has 1 saturated heterocycles. The van der Waals surface area contributed by atoms with E-state index in [1.54, 1.807) is 28.8 Å². The molecule has 0 aliphatic carbocycles. The Kier molecular flexibility index (Phi) is 6.56. The Bertz CT molecular complexity index is 686. The van der Waals surface area contributed by atoms with E-state index in [0.29, 0.717) is 37.5 Å². The third-order valence-electron chi connectivity index (χ3n) is 4.47. The summed E-state index contributed by atoms with van der Waals surface area (Å²) in [5.41, 5.74) is 1.10. The van der Waals surface area contributed by atoms with Crippen LogP contribution in [0.25, 0.3) is 0 Å². The zero-order valence-electron chi connectivity index (χ0n) is 15.5. The molecule has 1 amide bonds. The topological polar surface area (TPSA) is 57.7 Å². The molecule has 1 aliphatic heterocycles. The van der Waals surface area contributed by atoms with Crippen molar-refractivity contribution in [2.24, 2.45) is 0 Å². The SMILES string of the molecule is CSCCC(=O)N1CCN(S(=O)(=O)c2ccc(C(C)(C)C)cc2)CC1. The lowest BCUT2D eigenvalue weighted by Gasteiger charge is -2.34. The molecule has 7 heteroatoms. The summed E-state index contributed by atoms with van der Waals surface area (Å²) >= 11 is 1.64. The molecular weight excluding hydrogens is 356 g/mol. The number of benzene rings is 1. The summed E-state index contributed by atoms with van der Waals surface area (Å²) in [5, 5.41) is 0. The van der Waals surface area contributed by atoms with Gasteiger partial charge in [0.05, 0.1) is 4.90 Å². The van der Waals surface area contributed by atoms with E-state index in [-0.39, 0.29) is 11.3 Å². The highest BCUT2D eigenvalue weighted by Gasteiger charge is 2.30. The standard InChI is InChI=1S/C18H28N2O3S2/c1-18(2,3)15-5-7-16(8-6-15)25(22,23)20-12-10-19(11-13-20)17(21)9-14-24-4/h5-8H,9-14H2,1-4H3. The molecule has 0 N–H and O–H groups in total. The molecule has 0 aromatic heterocycles. The van der Waals surface area contributed by atoms with Crippen molar-refractivity contribution in [1.82, 2.24) is 9.21 Å². The second-order valence-electron chi connectivity index (χ2n) is 7.30. The first-order chi connectivity index (χ1) is 11.7. The van der Waals surface area contributed by atoms with Crippen molar-refractivity contribution in [3.63, 3.8) is 0 Å². The fourth-order valence-corrected chi connectivity index (χ4v) is 4.60. The van der Waals surface area contributed by atoms with Gasteiger partial charge in [0.25, 0.3) is 0 Å². The summed E-state index contributed by atoms with van der Waals surface area (Å²) in [6.45, 7) is 7.94.